The van der Waals surface area contributed by atoms with Gasteiger partial charge in [0, 0.05) is 6.42 Å². The Morgan fingerprint density at radius 2 is 1.83 bits per heavy atom. The topological polar surface area (TPSA) is 26.3 Å². The highest BCUT2D eigenvalue weighted by Crippen LogP contribution is 2.58. The van der Waals surface area contributed by atoms with Gasteiger partial charge in [-0.15, -0.1) is 0 Å². The highest BCUT2D eigenvalue weighted by atomic mass is 28.4. The molecule has 0 bridgehead atoms. The van der Waals surface area contributed by atoms with Gasteiger partial charge in [0.05, 0.1) is 11.5 Å². The van der Waals surface area contributed by atoms with Gasteiger partial charge < -0.3 is 4.43 Å². The van der Waals surface area contributed by atoms with Crippen LogP contribution >= 0.6 is 0 Å². The van der Waals surface area contributed by atoms with Crippen LogP contribution in [0.5, 0.6) is 0 Å². The molecule has 0 radical (unpaired) electrons. The number of carbonyl (C=O) groups excluding carboxylic acids is 1. The first-order valence-electron chi connectivity index (χ1n) is 10.0. The van der Waals surface area contributed by atoms with Crippen LogP contribution in [0.1, 0.15) is 74.1 Å². The largest absolute Gasteiger partial charge is 0.411 e. The fourth-order valence-corrected chi connectivity index (χ4v) is 8.77. The first kappa shape index (κ1) is 19.9. The normalized spacial score (nSPS) is 31.6. The van der Waals surface area contributed by atoms with Crippen LogP contribution in [-0.4, -0.2) is 19.7 Å². The maximum atomic E-state index is 13.1. The van der Waals surface area contributed by atoms with E-state index >= 15 is 0 Å². The van der Waals surface area contributed by atoms with Crippen LogP contribution in [0.4, 0.5) is 0 Å². The van der Waals surface area contributed by atoms with Crippen LogP contribution in [0.2, 0.25) is 18.1 Å². The Morgan fingerprint density at radius 3 is 2.29 bits per heavy atom. The Kier molecular flexibility index (Phi) is 5.86. The number of allylic oxidation sites excluding steroid dienone is 2. The average molecular weight is 351 g/mol. The minimum Gasteiger partial charge on any atom is -0.411 e. The second-order valence-electron chi connectivity index (χ2n) is 8.94. The molecule has 0 amide bonds. The van der Waals surface area contributed by atoms with Crippen molar-refractivity contribution in [3.05, 3.63) is 11.6 Å². The van der Waals surface area contributed by atoms with Gasteiger partial charge >= 0.3 is 0 Å². The lowest BCUT2D eigenvalue weighted by Crippen LogP contribution is -2.54. The summed E-state index contributed by atoms with van der Waals surface area (Å²) in [4.78, 5) is 13.1. The summed E-state index contributed by atoms with van der Waals surface area (Å²) in [6, 6.07) is 3.43. The lowest BCUT2D eigenvalue weighted by atomic mass is 9.60. The number of carbonyl (C=O) groups is 1. The van der Waals surface area contributed by atoms with Crippen LogP contribution in [0, 0.1) is 17.3 Å². The molecule has 138 valence electrons. The number of hydrogen-bond donors (Lipinski definition) is 0. The van der Waals surface area contributed by atoms with Crippen LogP contribution in [0.25, 0.3) is 0 Å². The van der Waals surface area contributed by atoms with Crippen LogP contribution in [-0.2, 0) is 9.22 Å². The molecule has 2 nitrogen and oxygen atoms in total. The molecule has 0 aromatic rings. The van der Waals surface area contributed by atoms with E-state index in [0.717, 1.165) is 43.8 Å². The van der Waals surface area contributed by atoms with Crippen molar-refractivity contribution in [1.29, 1.82) is 0 Å². The van der Waals surface area contributed by atoms with Crippen LogP contribution in [0.3, 0.4) is 0 Å². The minimum atomic E-state index is -1.73. The fraction of sp³-hybridized carbons (Fsp3) is 0.857. The summed E-state index contributed by atoms with van der Waals surface area (Å²) in [6.45, 7) is 15.8. The number of ketones is 1. The fourth-order valence-electron chi connectivity index (χ4n) is 5.60. The molecule has 0 aromatic heterocycles. The molecular formula is C21H38O2Si. The third kappa shape index (κ3) is 3.31. The zero-order chi connectivity index (χ0) is 18.2. The zero-order valence-electron chi connectivity index (χ0n) is 17.0. The van der Waals surface area contributed by atoms with Crippen LogP contribution < -0.4 is 0 Å². The van der Waals surface area contributed by atoms with E-state index in [0.29, 0.717) is 11.7 Å². The van der Waals surface area contributed by atoms with Crippen molar-refractivity contribution < 1.29 is 9.22 Å². The first-order valence-corrected chi connectivity index (χ1v) is 12.6. The SMILES string of the molecule is CC[Si](CC)(CC)OC(C)(C)C1C(=O)CC(C)C12CC=C(C)CC2. The molecule has 2 aliphatic carbocycles. The van der Waals surface area contributed by atoms with E-state index in [-0.39, 0.29) is 16.9 Å². The van der Waals surface area contributed by atoms with E-state index in [2.05, 4.69) is 54.5 Å². The molecule has 3 heteroatoms. The van der Waals surface area contributed by atoms with Gasteiger partial charge in [0.25, 0.3) is 0 Å². The quantitative estimate of drug-likeness (QED) is 0.425. The lowest BCUT2D eigenvalue weighted by Gasteiger charge is -2.49. The lowest BCUT2D eigenvalue weighted by molar-refractivity contribution is -0.131. The molecule has 1 saturated carbocycles. The first-order chi connectivity index (χ1) is 11.2. The Labute approximate surface area is 150 Å². The van der Waals surface area contributed by atoms with Gasteiger partial charge in [0.15, 0.2) is 8.32 Å². The highest BCUT2D eigenvalue weighted by molar-refractivity contribution is 6.73. The molecule has 2 rings (SSSR count). The Morgan fingerprint density at radius 1 is 1.25 bits per heavy atom. The van der Waals surface area contributed by atoms with E-state index in [1.807, 2.05) is 0 Å². The second kappa shape index (κ2) is 7.07. The van der Waals surface area contributed by atoms with E-state index in [1.165, 1.54) is 5.57 Å². The highest BCUT2D eigenvalue weighted by Gasteiger charge is 2.59. The monoisotopic (exact) mass is 350 g/mol. The summed E-state index contributed by atoms with van der Waals surface area (Å²) < 4.78 is 6.93. The molecule has 0 saturated heterocycles. The molecule has 2 aliphatic rings. The van der Waals surface area contributed by atoms with Crippen molar-refractivity contribution in [1.82, 2.24) is 0 Å². The van der Waals surface area contributed by atoms with E-state index in [4.69, 9.17) is 4.43 Å². The van der Waals surface area contributed by atoms with Gasteiger partial charge in [0.1, 0.15) is 5.78 Å². The Bertz CT molecular complexity index is 496. The van der Waals surface area contributed by atoms with Crippen molar-refractivity contribution in [3.63, 3.8) is 0 Å². The molecule has 3 atom stereocenters. The second-order valence-corrected chi connectivity index (χ2v) is 13.6. The van der Waals surface area contributed by atoms with E-state index in [9.17, 15) is 4.79 Å². The van der Waals surface area contributed by atoms with Crippen molar-refractivity contribution in [2.45, 2.75) is 97.9 Å². The maximum Gasteiger partial charge on any atom is 0.192 e. The van der Waals surface area contributed by atoms with E-state index in [1.54, 1.807) is 0 Å². The molecule has 24 heavy (non-hydrogen) atoms. The zero-order valence-corrected chi connectivity index (χ0v) is 18.0. The smallest absolute Gasteiger partial charge is 0.192 e. The predicted molar refractivity (Wildman–Crippen MR) is 105 cm³/mol. The molecule has 0 aliphatic heterocycles. The van der Waals surface area contributed by atoms with Gasteiger partial charge in [-0.25, -0.2) is 0 Å². The molecule has 0 N–H and O–H groups in total. The third-order valence-corrected chi connectivity index (χ3v) is 12.1. The summed E-state index contributed by atoms with van der Waals surface area (Å²) >= 11 is 0. The van der Waals surface area contributed by atoms with Gasteiger partial charge in [-0.2, -0.15) is 0 Å². The van der Waals surface area contributed by atoms with Crippen LogP contribution in [0.15, 0.2) is 11.6 Å². The van der Waals surface area contributed by atoms with Crippen molar-refractivity contribution in [2.75, 3.05) is 0 Å². The van der Waals surface area contributed by atoms with Gasteiger partial charge in [0.2, 0.25) is 0 Å². The summed E-state index contributed by atoms with van der Waals surface area (Å²) in [5.74, 6) is 0.982. The van der Waals surface area contributed by atoms with Gasteiger partial charge in [-0.1, -0.05) is 39.3 Å². The molecule has 1 spiro atoms. The van der Waals surface area contributed by atoms with Crippen molar-refractivity contribution in [2.24, 2.45) is 17.3 Å². The maximum absolute atomic E-state index is 13.1. The summed E-state index contributed by atoms with van der Waals surface area (Å²) in [5.41, 5.74) is 1.27. The summed E-state index contributed by atoms with van der Waals surface area (Å²) in [6.07, 6.45) is 6.48. The Balaban J connectivity index is 2.37. The summed E-state index contributed by atoms with van der Waals surface area (Å²) in [7, 11) is -1.73. The van der Waals surface area contributed by atoms with Crippen molar-refractivity contribution >= 4 is 14.1 Å². The standard InChI is InChI=1S/C21H38O2Si/c1-8-24(9-2,10-3)23-20(6,7)19-18(22)15-17(5)21(19)13-11-16(4)12-14-21/h11,17,19H,8-10,12-15H2,1-7H3. The number of hydrogen-bond acceptors (Lipinski definition) is 2. The molecule has 0 aromatic carbocycles. The van der Waals surface area contributed by atoms with Gasteiger partial charge in [-0.3, -0.25) is 4.79 Å². The molecule has 1 fully saturated rings. The number of Topliss-reactive ketones (excluding diaryl/α,β-unsaturated/α-hetero) is 1. The van der Waals surface area contributed by atoms with Crippen molar-refractivity contribution in [3.8, 4) is 0 Å². The molecule has 3 unspecified atom stereocenters. The molecule has 0 heterocycles. The number of rotatable bonds is 6. The predicted octanol–water partition coefficient (Wildman–Crippen LogP) is 6.13. The average Bonchev–Trinajstić information content (AvgIpc) is 2.79. The molecular weight excluding hydrogens is 312 g/mol. The Hall–Kier alpha value is -0.413. The summed E-state index contributed by atoms with van der Waals surface area (Å²) in [5, 5.41) is 0. The van der Waals surface area contributed by atoms with E-state index < -0.39 is 8.32 Å². The third-order valence-electron chi connectivity index (χ3n) is 7.31. The van der Waals surface area contributed by atoms with Gasteiger partial charge in [-0.05, 0) is 69.5 Å². The minimum absolute atomic E-state index is 0.0564.